The minimum atomic E-state index is -0.137. The number of benzene rings is 1. The third-order valence-corrected chi connectivity index (χ3v) is 3.92. The van der Waals surface area contributed by atoms with Crippen LogP contribution in [0.1, 0.15) is 33.6 Å². The zero-order chi connectivity index (χ0) is 15.5. The molecular formula is C17H15N3O2. The molecule has 0 saturated carbocycles. The van der Waals surface area contributed by atoms with E-state index < -0.39 is 0 Å². The molecule has 0 radical (unpaired) electrons. The van der Waals surface area contributed by atoms with Gasteiger partial charge in [-0.1, -0.05) is 6.07 Å². The molecule has 1 aliphatic carbocycles. The number of pyridine rings is 1. The van der Waals surface area contributed by atoms with E-state index in [0.29, 0.717) is 17.5 Å². The maximum absolute atomic E-state index is 12.2. The topological polar surface area (TPSA) is 85.8 Å². The van der Waals surface area contributed by atoms with Crippen molar-refractivity contribution in [3.63, 3.8) is 0 Å². The van der Waals surface area contributed by atoms with Crippen molar-refractivity contribution >= 4 is 5.91 Å². The van der Waals surface area contributed by atoms with Gasteiger partial charge >= 0.3 is 0 Å². The van der Waals surface area contributed by atoms with Gasteiger partial charge in [0.25, 0.3) is 5.91 Å². The molecule has 1 amide bonds. The van der Waals surface area contributed by atoms with Crippen molar-refractivity contribution in [2.45, 2.75) is 25.3 Å². The van der Waals surface area contributed by atoms with Gasteiger partial charge in [0.1, 0.15) is 0 Å². The monoisotopic (exact) mass is 293 g/mol. The van der Waals surface area contributed by atoms with Crippen molar-refractivity contribution in [2.75, 3.05) is 0 Å². The number of carbonyl (C=O) groups excluding carboxylic acids is 1. The quantitative estimate of drug-likeness (QED) is 0.880. The van der Waals surface area contributed by atoms with Gasteiger partial charge in [-0.2, -0.15) is 5.26 Å². The number of aromatic amines is 1. The Morgan fingerprint density at radius 1 is 1.23 bits per heavy atom. The van der Waals surface area contributed by atoms with E-state index in [1.54, 1.807) is 24.3 Å². The Kier molecular flexibility index (Phi) is 3.75. The van der Waals surface area contributed by atoms with E-state index in [-0.39, 0.29) is 17.5 Å². The molecule has 0 fully saturated rings. The van der Waals surface area contributed by atoms with Crippen LogP contribution in [0.3, 0.4) is 0 Å². The normalized spacial score (nSPS) is 16.4. The lowest BCUT2D eigenvalue weighted by atomic mass is 9.91. The first-order chi connectivity index (χ1) is 10.7. The highest BCUT2D eigenvalue weighted by Crippen LogP contribution is 2.18. The van der Waals surface area contributed by atoms with Crippen molar-refractivity contribution in [2.24, 2.45) is 0 Å². The van der Waals surface area contributed by atoms with Gasteiger partial charge in [0.2, 0.25) is 5.56 Å². The standard InChI is InChI=1S/C17H15N3O2/c18-10-11-1-3-12(4-2-11)17(22)19-14-6-7-15-13(9-14)5-8-16(21)20-15/h1-5,8,14H,6-7,9H2,(H,19,22)(H,20,21)/t14-/m0/s1. The Bertz CT molecular complexity index is 800. The zero-order valence-electron chi connectivity index (χ0n) is 11.9. The smallest absolute Gasteiger partial charge is 0.251 e. The highest BCUT2D eigenvalue weighted by atomic mass is 16.1. The van der Waals surface area contributed by atoms with Gasteiger partial charge < -0.3 is 10.3 Å². The molecule has 1 aromatic carbocycles. The number of aryl methyl sites for hydroxylation is 1. The second kappa shape index (κ2) is 5.86. The Morgan fingerprint density at radius 3 is 2.73 bits per heavy atom. The summed E-state index contributed by atoms with van der Waals surface area (Å²) in [7, 11) is 0. The highest BCUT2D eigenvalue weighted by molar-refractivity contribution is 5.94. The van der Waals surface area contributed by atoms with Crippen LogP contribution < -0.4 is 10.9 Å². The van der Waals surface area contributed by atoms with Crippen LogP contribution in [0.25, 0.3) is 0 Å². The summed E-state index contributed by atoms with van der Waals surface area (Å²) in [5.41, 5.74) is 3.05. The fourth-order valence-corrected chi connectivity index (χ4v) is 2.74. The van der Waals surface area contributed by atoms with Crippen molar-refractivity contribution in [3.05, 3.63) is 69.1 Å². The molecule has 1 aromatic heterocycles. The van der Waals surface area contributed by atoms with Crippen molar-refractivity contribution in [3.8, 4) is 6.07 Å². The van der Waals surface area contributed by atoms with Crippen LogP contribution in [0.5, 0.6) is 0 Å². The molecule has 1 heterocycles. The first kappa shape index (κ1) is 14.1. The minimum Gasteiger partial charge on any atom is -0.349 e. The fourth-order valence-electron chi connectivity index (χ4n) is 2.74. The van der Waals surface area contributed by atoms with E-state index in [1.165, 1.54) is 6.07 Å². The molecule has 0 saturated heterocycles. The predicted molar refractivity (Wildman–Crippen MR) is 81.5 cm³/mol. The van der Waals surface area contributed by atoms with Crippen LogP contribution in [-0.4, -0.2) is 16.9 Å². The van der Waals surface area contributed by atoms with Gasteiger partial charge in [-0.25, -0.2) is 0 Å². The first-order valence-electron chi connectivity index (χ1n) is 7.18. The average Bonchev–Trinajstić information content (AvgIpc) is 2.55. The summed E-state index contributed by atoms with van der Waals surface area (Å²) in [6.45, 7) is 0. The van der Waals surface area contributed by atoms with Crippen LogP contribution in [0.15, 0.2) is 41.2 Å². The van der Waals surface area contributed by atoms with Gasteiger partial charge in [-0.05, 0) is 49.1 Å². The van der Waals surface area contributed by atoms with Crippen molar-refractivity contribution < 1.29 is 4.79 Å². The molecule has 1 aliphatic rings. The summed E-state index contributed by atoms with van der Waals surface area (Å²) < 4.78 is 0. The average molecular weight is 293 g/mol. The number of aromatic nitrogens is 1. The molecule has 2 aromatic rings. The highest BCUT2D eigenvalue weighted by Gasteiger charge is 2.21. The molecule has 5 heteroatoms. The molecule has 0 aliphatic heterocycles. The molecule has 3 rings (SSSR count). The maximum atomic E-state index is 12.2. The Hall–Kier alpha value is -2.87. The number of nitriles is 1. The second-order valence-corrected chi connectivity index (χ2v) is 5.43. The fraction of sp³-hybridized carbons (Fsp3) is 0.235. The molecule has 0 unspecified atom stereocenters. The summed E-state index contributed by atoms with van der Waals surface area (Å²) in [5, 5.41) is 11.8. The number of H-pyrrole nitrogens is 1. The molecule has 22 heavy (non-hydrogen) atoms. The van der Waals surface area contributed by atoms with E-state index >= 15 is 0 Å². The van der Waals surface area contributed by atoms with Gasteiger partial charge in [-0.3, -0.25) is 9.59 Å². The van der Waals surface area contributed by atoms with Gasteiger partial charge in [0.15, 0.2) is 0 Å². The zero-order valence-corrected chi connectivity index (χ0v) is 11.9. The van der Waals surface area contributed by atoms with E-state index in [2.05, 4.69) is 10.3 Å². The first-order valence-corrected chi connectivity index (χ1v) is 7.18. The van der Waals surface area contributed by atoms with E-state index in [1.807, 2.05) is 12.1 Å². The van der Waals surface area contributed by atoms with Crippen LogP contribution in [-0.2, 0) is 12.8 Å². The van der Waals surface area contributed by atoms with Gasteiger partial charge in [0, 0.05) is 23.4 Å². The number of fused-ring (bicyclic) bond motifs is 1. The Balaban J connectivity index is 1.69. The lowest BCUT2D eigenvalue weighted by Gasteiger charge is -2.25. The van der Waals surface area contributed by atoms with Crippen LogP contribution in [0.4, 0.5) is 0 Å². The number of rotatable bonds is 2. The number of amides is 1. The van der Waals surface area contributed by atoms with E-state index in [9.17, 15) is 9.59 Å². The molecular weight excluding hydrogens is 278 g/mol. The summed E-state index contributed by atoms with van der Waals surface area (Å²) >= 11 is 0. The van der Waals surface area contributed by atoms with Gasteiger partial charge in [0.05, 0.1) is 11.6 Å². The number of hydrogen-bond acceptors (Lipinski definition) is 3. The second-order valence-electron chi connectivity index (χ2n) is 5.43. The largest absolute Gasteiger partial charge is 0.349 e. The molecule has 1 atom stereocenters. The minimum absolute atomic E-state index is 0.0570. The molecule has 0 spiro atoms. The van der Waals surface area contributed by atoms with Crippen molar-refractivity contribution in [1.82, 2.24) is 10.3 Å². The molecule has 5 nitrogen and oxygen atoms in total. The SMILES string of the molecule is N#Cc1ccc(C(=O)N[C@H]2CCc3[nH]c(=O)ccc3C2)cc1. The van der Waals surface area contributed by atoms with Crippen LogP contribution >= 0.6 is 0 Å². The summed E-state index contributed by atoms with van der Waals surface area (Å²) in [6, 6.07) is 12.0. The Morgan fingerprint density at radius 2 is 2.00 bits per heavy atom. The van der Waals surface area contributed by atoms with Crippen molar-refractivity contribution in [1.29, 1.82) is 5.26 Å². The molecule has 0 bridgehead atoms. The van der Waals surface area contributed by atoms with Gasteiger partial charge in [-0.15, -0.1) is 0 Å². The van der Waals surface area contributed by atoms with E-state index in [0.717, 1.165) is 24.1 Å². The Labute approximate surface area is 127 Å². The third-order valence-electron chi connectivity index (χ3n) is 3.92. The third kappa shape index (κ3) is 2.91. The number of nitrogens with zero attached hydrogens (tertiary/aromatic N) is 1. The number of nitrogens with one attached hydrogen (secondary N) is 2. The summed E-state index contributed by atoms with van der Waals surface area (Å²) in [5.74, 6) is -0.137. The maximum Gasteiger partial charge on any atom is 0.251 e. The summed E-state index contributed by atoms with van der Waals surface area (Å²) in [4.78, 5) is 26.4. The van der Waals surface area contributed by atoms with E-state index in [4.69, 9.17) is 5.26 Å². The molecule has 110 valence electrons. The number of carbonyl (C=O) groups is 1. The lowest BCUT2D eigenvalue weighted by Crippen LogP contribution is -2.39. The summed E-state index contributed by atoms with van der Waals surface area (Å²) in [6.07, 6.45) is 2.27. The predicted octanol–water partition coefficient (Wildman–Crippen LogP) is 1.53. The lowest BCUT2D eigenvalue weighted by molar-refractivity contribution is 0.0933. The van der Waals surface area contributed by atoms with Crippen LogP contribution in [0.2, 0.25) is 0 Å². The van der Waals surface area contributed by atoms with Crippen LogP contribution in [0, 0.1) is 11.3 Å². The molecule has 2 N–H and O–H groups in total. The number of hydrogen-bond donors (Lipinski definition) is 2.